The van der Waals surface area contributed by atoms with Gasteiger partial charge < -0.3 is 0 Å². The lowest BCUT2D eigenvalue weighted by molar-refractivity contribution is 0.375. The van der Waals surface area contributed by atoms with Gasteiger partial charge in [-0.1, -0.05) is 115 Å². The number of thioether (sulfide) groups is 1. The van der Waals surface area contributed by atoms with E-state index >= 15 is 0 Å². The summed E-state index contributed by atoms with van der Waals surface area (Å²) in [4.78, 5) is 8.06. The Bertz CT molecular complexity index is 1780. The molecule has 2 bridgehead atoms. The van der Waals surface area contributed by atoms with Crippen LogP contribution in [0.5, 0.6) is 0 Å². The Hall–Kier alpha value is -3.88. The summed E-state index contributed by atoms with van der Waals surface area (Å²) in [7, 11) is 0. The molecule has 0 N–H and O–H groups in total. The summed E-state index contributed by atoms with van der Waals surface area (Å²) in [6.45, 7) is 9.01. The third-order valence-corrected chi connectivity index (χ3v) is 9.96. The summed E-state index contributed by atoms with van der Waals surface area (Å²) >= 11 is 1.92. The standard InChI is InChI=1S/C39H37NS/c1-27-16-7-5-6-8-21-34-37(33-20-10-9-19-32(33)30(27)4)28(2)17-13-14-25-40-39-24-15-23-36(38(34)39)41-35-22-12-11-18-31(35)29(3)26-39/h5-20,22-26,34,38H,21H2,1-4H3/b7-5-,8-6+,14-13-,27-16-,28-17+,29-26+,32-30+,37-33-,40-25+. The summed E-state index contributed by atoms with van der Waals surface area (Å²) in [6.07, 6.45) is 29.8. The van der Waals surface area contributed by atoms with E-state index in [2.05, 4.69) is 149 Å². The van der Waals surface area contributed by atoms with Gasteiger partial charge in [0.1, 0.15) is 5.54 Å². The maximum Gasteiger partial charge on any atom is 0.106 e. The Kier molecular flexibility index (Phi) is 7.69. The van der Waals surface area contributed by atoms with Gasteiger partial charge in [-0.3, -0.25) is 4.99 Å². The molecule has 2 heteroatoms. The van der Waals surface area contributed by atoms with Crippen LogP contribution in [-0.2, 0) is 0 Å². The van der Waals surface area contributed by atoms with Gasteiger partial charge in [0.25, 0.3) is 0 Å². The topological polar surface area (TPSA) is 12.4 Å². The van der Waals surface area contributed by atoms with Gasteiger partial charge in [0.05, 0.1) is 0 Å². The Morgan fingerprint density at radius 1 is 0.732 bits per heavy atom. The maximum absolute atomic E-state index is 5.39. The Balaban J connectivity index is 1.75. The van der Waals surface area contributed by atoms with Gasteiger partial charge >= 0.3 is 0 Å². The molecule has 4 aliphatic rings. The van der Waals surface area contributed by atoms with E-state index < -0.39 is 5.54 Å². The van der Waals surface area contributed by atoms with Crippen molar-refractivity contribution in [3.63, 3.8) is 0 Å². The van der Waals surface area contributed by atoms with E-state index in [0.717, 1.165) is 6.42 Å². The Morgan fingerprint density at radius 2 is 1.49 bits per heavy atom. The third kappa shape index (κ3) is 5.18. The summed E-state index contributed by atoms with van der Waals surface area (Å²) in [6, 6.07) is 17.8. The molecule has 0 saturated heterocycles. The highest BCUT2D eigenvalue weighted by molar-refractivity contribution is 8.03. The zero-order valence-electron chi connectivity index (χ0n) is 24.3. The fourth-order valence-corrected chi connectivity index (χ4v) is 8.03. The number of benzene rings is 2. The summed E-state index contributed by atoms with van der Waals surface area (Å²) in [5.41, 5.74) is 7.35. The molecule has 2 aromatic rings. The average molecular weight is 552 g/mol. The SMILES string of the molecule is CC1=C/C=C\C=C\CC2C(=c3/cccc/c3=C\1C)/C(C)=C/C=C\C=N\C13C=CC=C(Sc4ccccc4/C(C)=C/1)C23. The number of hydrogen-bond acceptors (Lipinski definition) is 2. The Labute approximate surface area is 248 Å². The quantitative estimate of drug-likeness (QED) is 0.319. The van der Waals surface area contributed by atoms with Crippen molar-refractivity contribution >= 4 is 34.7 Å². The molecule has 2 aromatic carbocycles. The van der Waals surface area contributed by atoms with Crippen molar-refractivity contribution in [2.75, 3.05) is 0 Å². The van der Waals surface area contributed by atoms with E-state index in [-0.39, 0.29) is 11.8 Å². The largest absolute Gasteiger partial charge is 0.278 e. The number of hydrogen-bond donors (Lipinski definition) is 0. The molecule has 6 rings (SSSR count). The molecular weight excluding hydrogens is 515 g/mol. The minimum atomic E-state index is -0.503. The van der Waals surface area contributed by atoms with E-state index in [1.165, 1.54) is 53.7 Å². The second-order valence-corrected chi connectivity index (χ2v) is 12.4. The number of nitrogens with zero attached hydrogens (tertiary/aromatic N) is 1. The predicted molar refractivity (Wildman–Crippen MR) is 179 cm³/mol. The molecule has 0 aromatic heterocycles. The first-order valence-corrected chi connectivity index (χ1v) is 15.4. The first kappa shape index (κ1) is 27.3. The molecule has 0 radical (unpaired) electrons. The smallest absolute Gasteiger partial charge is 0.106 e. The van der Waals surface area contributed by atoms with E-state index in [1.54, 1.807) is 0 Å². The number of rotatable bonds is 0. The highest BCUT2D eigenvalue weighted by atomic mass is 32.2. The average Bonchev–Trinajstić information content (AvgIpc) is 2.97. The zero-order valence-corrected chi connectivity index (χ0v) is 25.2. The third-order valence-electron chi connectivity index (χ3n) is 8.76. The van der Waals surface area contributed by atoms with Crippen molar-refractivity contribution in [3.8, 4) is 0 Å². The molecule has 2 aliphatic carbocycles. The van der Waals surface area contributed by atoms with Crippen LogP contribution in [0.15, 0.2) is 147 Å². The lowest BCUT2D eigenvalue weighted by Gasteiger charge is -2.44. The van der Waals surface area contributed by atoms with E-state index in [4.69, 9.17) is 4.99 Å². The summed E-state index contributed by atoms with van der Waals surface area (Å²) in [5.74, 6) is 0.318. The van der Waals surface area contributed by atoms with Crippen LogP contribution in [0.25, 0.3) is 16.7 Å². The van der Waals surface area contributed by atoms with Crippen LogP contribution in [0.4, 0.5) is 0 Å². The normalized spacial score (nSPS) is 35.0. The molecule has 204 valence electrons. The van der Waals surface area contributed by atoms with Crippen LogP contribution in [0.1, 0.15) is 39.7 Å². The van der Waals surface area contributed by atoms with Crippen molar-refractivity contribution in [1.82, 2.24) is 0 Å². The Morgan fingerprint density at radius 3 is 2.37 bits per heavy atom. The van der Waals surface area contributed by atoms with Crippen molar-refractivity contribution in [2.45, 2.75) is 44.6 Å². The molecular formula is C39H37NS. The molecule has 2 aliphatic heterocycles. The van der Waals surface area contributed by atoms with Gasteiger partial charge in [0, 0.05) is 17.0 Å². The molecule has 3 atom stereocenters. The first-order chi connectivity index (χ1) is 20.0. The molecule has 41 heavy (non-hydrogen) atoms. The van der Waals surface area contributed by atoms with Gasteiger partial charge in [-0.25, -0.2) is 0 Å². The van der Waals surface area contributed by atoms with Gasteiger partial charge in [0.2, 0.25) is 0 Å². The highest BCUT2D eigenvalue weighted by Gasteiger charge is 2.45. The maximum atomic E-state index is 5.39. The second kappa shape index (κ2) is 11.5. The summed E-state index contributed by atoms with van der Waals surface area (Å²) < 4.78 is 0. The van der Waals surface area contributed by atoms with Gasteiger partial charge in [0.15, 0.2) is 0 Å². The minimum absolute atomic E-state index is 0.128. The van der Waals surface area contributed by atoms with Crippen LogP contribution >= 0.6 is 11.8 Å². The van der Waals surface area contributed by atoms with E-state index in [9.17, 15) is 0 Å². The predicted octanol–water partition coefficient (Wildman–Crippen LogP) is 8.69. The van der Waals surface area contributed by atoms with Crippen LogP contribution < -0.4 is 10.4 Å². The number of fused-ring (bicyclic) bond motifs is 3. The lowest BCUT2D eigenvalue weighted by Crippen LogP contribution is -2.43. The van der Waals surface area contributed by atoms with Crippen LogP contribution in [0.3, 0.4) is 0 Å². The van der Waals surface area contributed by atoms with Crippen molar-refractivity contribution in [1.29, 1.82) is 0 Å². The first-order valence-electron chi connectivity index (χ1n) is 14.5. The molecule has 2 heterocycles. The molecule has 0 amide bonds. The zero-order chi connectivity index (χ0) is 28.4. The number of aliphatic imine (C=N–C) groups is 1. The number of allylic oxidation sites excluding steroid dienone is 13. The highest BCUT2D eigenvalue weighted by Crippen LogP contribution is 2.53. The summed E-state index contributed by atoms with van der Waals surface area (Å²) in [5, 5.41) is 2.62. The van der Waals surface area contributed by atoms with Gasteiger partial charge in [-0.05, 0) is 107 Å². The van der Waals surface area contributed by atoms with Crippen LogP contribution in [0, 0.1) is 11.8 Å². The van der Waals surface area contributed by atoms with Crippen LogP contribution in [0.2, 0.25) is 0 Å². The van der Waals surface area contributed by atoms with E-state index in [0.29, 0.717) is 0 Å². The second-order valence-electron chi connectivity index (χ2n) is 11.3. The van der Waals surface area contributed by atoms with Gasteiger partial charge in [-0.2, -0.15) is 0 Å². The van der Waals surface area contributed by atoms with Crippen molar-refractivity contribution in [3.05, 3.63) is 153 Å². The lowest BCUT2D eigenvalue weighted by atomic mass is 9.67. The minimum Gasteiger partial charge on any atom is -0.278 e. The van der Waals surface area contributed by atoms with Crippen molar-refractivity contribution < 1.29 is 0 Å². The van der Waals surface area contributed by atoms with Crippen LogP contribution in [-0.4, -0.2) is 11.8 Å². The van der Waals surface area contributed by atoms with E-state index in [1.807, 2.05) is 18.0 Å². The molecule has 3 unspecified atom stereocenters. The molecule has 0 spiro atoms. The monoisotopic (exact) mass is 551 g/mol. The fourth-order valence-electron chi connectivity index (χ4n) is 6.67. The fraction of sp³-hybridized carbons (Fsp3) is 0.205. The van der Waals surface area contributed by atoms with Crippen molar-refractivity contribution in [2.24, 2.45) is 16.8 Å². The molecule has 1 nitrogen and oxygen atoms in total. The molecule has 0 fully saturated rings. The molecule has 0 saturated carbocycles. The van der Waals surface area contributed by atoms with Gasteiger partial charge in [-0.15, -0.1) is 0 Å².